The van der Waals surface area contributed by atoms with Gasteiger partial charge in [0.15, 0.2) is 0 Å². The maximum atomic E-state index is 12.6. The van der Waals surface area contributed by atoms with Crippen LogP contribution < -0.4 is 4.74 Å². The van der Waals surface area contributed by atoms with E-state index in [4.69, 9.17) is 16.3 Å². The molecule has 0 saturated heterocycles. The van der Waals surface area contributed by atoms with Crippen LogP contribution in [0.5, 0.6) is 5.75 Å². The number of halogens is 3. The van der Waals surface area contributed by atoms with E-state index in [9.17, 15) is 8.78 Å². The van der Waals surface area contributed by atoms with Crippen LogP contribution in [0.15, 0.2) is 18.2 Å². The first-order valence-corrected chi connectivity index (χ1v) is 6.09. The van der Waals surface area contributed by atoms with Gasteiger partial charge < -0.3 is 4.74 Å². The Morgan fingerprint density at radius 3 is 2.47 bits per heavy atom. The van der Waals surface area contributed by atoms with Crippen LogP contribution in [0, 0.1) is 0 Å². The van der Waals surface area contributed by atoms with Gasteiger partial charge in [0.05, 0.1) is 5.02 Å². The van der Waals surface area contributed by atoms with Crippen molar-refractivity contribution in [3.05, 3.63) is 28.8 Å². The lowest BCUT2D eigenvalue weighted by Gasteiger charge is -2.35. The van der Waals surface area contributed by atoms with Crippen LogP contribution in [0.1, 0.15) is 38.2 Å². The molecule has 4 heteroatoms. The third-order valence-corrected chi connectivity index (χ3v) is 3.26. The van der Waals surface area contributed by atoms with E-state index in [1.807, 2.05) is 12.1 Å². The maximum Gasteiger partial charge on any atom is 0.255 e. The Morgan fingerprint density at radius 2 is 2.00 bits per heavy atom. The van der Waals surface area contributed by atoms with Crippen molar-refractivity contribution in [2.75, 3.05) is 0 Å². The molecule has 0 atom stereocenters. The average molecular weight is 261 g/mol. The molecule has 0 aromatic heterocycles. The fraction of sp³-hybridized carbons (Fsp3) is 0.538. The van der Waals surface area contributed by atoms with Gasteiger partial charge in [-0.3, -0.25) is 0 Å². The molecule has 1 nitrogen and oxygen atoms in total. The highest BCUT2D eigenvalue weighted by atomic mass is 35.5. The van der Waals surface area contributed by atoms with Crippen molar-refractivity contribution in [1.82, 2.24) is 0 Å². The van der Waals surface area contributed by atoms with Crippen molar-refractivity contribution < 1.29 is 13.5 Å². The fourth-order valence-corrected chi connectivity index (χ4v) is 2.07. The van der Waals surface area contributed by atoms with Gasteiger partial charge in [0, 0.05) is 12.8 Å². The van der Waals surface area contributed by atoms with Crippen LogP contribution in [0.25, 0.3) is 0 Å². The molecule has 1 saturated carbocycles. The lowest BCUT2D eigenvalue weighted by Crippen LogP contribution is -2.43. The molecular weight excluding hydrogens is 246 g/mol. The summed E-state index contributed by atoms with van der Waals surface area (Å²) in [4.78, 5) is 0. The van der Waals surface area contributed by atoms with E-state index in [1.165, 1.54) is 0 Å². The summed E-state index contributed by atoms with van der Waals surface area (Å²) in [7, 11) is 0. The molecule has 0 aliphatic heterocycles. The minimum absolute atomic E-state index is 0.213. The Kier molecular flexibility index (Phi) is 3.30. The van der Waals surface area contributed by atoms with Gasteiger partial charge in [-0.2, -0.15) is 0 Å². The van der Waals surface area contributed by atoms with Gasteiger partial charge in [-0.1, -0.05) is 31.5 Å². The highest BCUT2D eigenvalue weighted by Crippen LogP contribution is 2.41. The Balaban J connectivity index is 2.03. The SMILES string of the molecule is CC(C)c1ccc(OC2CC(F)(F)C2)c(Cl)c1. The van der Waals surface area contributed by atoms with E-state index in [2.05, 4.69) is 13.8 Å². The summed E-state index contributed by atoms with van der Waals surface area (Å²) in [6.45, 7) is 4.14. The van der Waals surface area contributed by atoms with Gasteiger partial charge in [-0.05, 0) is 23.6 Å². The van der Waals surface area contributed by atoms with Crippen molar-refractivity contribution in [1.29, 1.82) is 0 Å². The third kappa shape index (κ3) is 2.89. The van der Waals surface area contributed by atoms with Gasteiger partial charge in [0.25, 0.3) is 5.92 Å². The molecular formula is C13H15ClF2O. The van der Waals surface area contributed by atoms with E-state index in [0.29, 0.717) is 16.7 Å². The predicted octanol–water partition coefficient (Wildman–Crippen LogP) is 4.64. The highest BCUT2D eigenvalue weighted by molar-refractivity contribution is 6.32. The number of benzene rings is 1. The zero-order valence-electron chi connectivity index (χ0n) is 9.84. The molecule has 1 aliphatic carbocycles. The van der Waals surface area contributed by atoms with Crippen LogP contribution in [0.2, 0.25) is 5.02 Å². The van der Waals surface area contributed by atoms with E-state index < -0.39 is 12.0 Å². The number of rotatable bonds is 3. The first kappa shape index (κ1) is 12.6. The Bertz CT molecular complexity index is 410. The third-order valence-electron chi connectivity index (χ3n) is 2.97. The Hall–Kier alpha value is -0.830. The number of hydrogen-bond acceptors (Lipinski definition) is 1. The summed E-state index contributed by atoms with van der Waals surface area (Å²) in [6, 6.07) is 5.51. The van der Waals surface area contributed by atoms with E-state index in [1.54, 1.807) is 6.07 Å². The molecule has 0 unspecified atom stereocenters. The van der Waals surface area contributed by atoms with Crippen LogP contribution in [-0.2, 0) is 0 Å². The monoisotopic (exact) mass is 260 g/mol. The molecule has 1 aromatic rings. The normalized spacial score (nSPS) is 19.2. The lowest BCUT2D eigenvalue weighted by atomic mass is 9.91. The quantitative estimate of drug-likeness (QED) is 0.769. The molecule has 0 amide bonds. The zero-order valence-corrected chi connectivity index (χ0v) is 10.6. The zero-order chi connectivity index (χ0) is 12.6. The second kappa shape index (κ2) is 4.45. The van der Waals surface area contributed by atoms with Crippen molar-refractivity contribution >= 4 is 11.6 Å². The second-order valence-corrected chi connectivity index (χ2v) is 5.26. The fourth-order valence-electron chi connectivity index (χ4n) is 1.84. The Labute approximate surface area is 105 Å². The predicted molar refractivity (Wildman–Crippen MR) is 64.1 cm³/mol. The molecule has 2 rings (SSSR count). The smallest absolute Gasteiger partial charge is 0.255 e. The topological polar surface area (TPSA) is 9.23 Å². The molecule has 1 aliphatic rings. The van der Waals surface area contributed by atoms with Gasteiger partial charge >= 0.3 is 0 Å². The molecule has 1 aromatic carbocycles. The van der Waals surface area contributed by atoms with Gasteiger partial charge in [-0.15, -0.1) is 0 Å². The van der Waals surface area contributed by atoms with E-state index in [0.717, 1.165) is 5.56 Å². The number of ether oxygens (including phenoxy) is 1. The first-order valence-electron chi connectivity index (χ1n) is 5.71. The van der Waals surface area contributed by atoms with Gasteiger partial charge in [0.1, 0.15) is 11.9 Å². The molecule has 0 N–H and O–H groups in total. The molecule has 0 bridgehead atoms. The summed E-state index contributed by atoms with van der Waals surface area (Å²) in [6.07, 6.45) is -0.836. The summed E-state index contributed by atoms with van der Waals surface area (Å²) in [5.41, 5.74) is 1.11. The molecule has 0 radical (unpaired) electrons. The van der Waals surface area contributed by atoms with Crippen LogP contribution in [0.3, 0.4) is 0 Å². The van der Waals surface area contributed by atoms with Crippen molar-refractivity contribution in [3.63, 3.8) is 0 Å². The van der Waals surface area contributed by atoms with Gasteiger partial charge in [0.2, 0.25) is 0 Å². The van der Waals surface area contributed by atoms with Crippen LogP contribution >= 0.6 is 11.6 Å². The standard InChI is InChI=1S/C13H15ClF2O/c1-8(2)9-3-4-12(11(14)5-9)17-10-6-13(15,16)7-10/h3-5,8,10H,6-7H2,1-2H3. The van der Waals surface area contributed by atoms with Crippen molar-refractivity contribution in [3.8, 4) is 5.75 Å². The van der Waals surface area contributed by atoms with Crippen LogP contribution in [0.4, 0.5) is 8.78 Å². The first-order chi connectivity index (χ1) is 7.87. The molecule has 17 heavy (non-hydrogen) atoms. The summed E-state index contributed by atoms with van der Waals surface area (Å²) in [5.74, 6) is -1.68. The largest absolute Gasteiger partial charge is 0.488 e. The molecule has 94 valence electrons. The van der Waals surface area contributed by atoms with E-state index >= 15 is 0 Å². The summed E-state index contributed by atoms with van der Waals surface area (Å²) < 4.78 is 30.7. The minimum atomic E-state index is -2.56. The molecule has 0 heterocycles. The van der Waals surface area contributed by atoms with Crippen molar-refractivity contribution in [2.45, 2.75) is 44.6 Å². The van der Waals surface area contributed by atoms with E-state index in [-0.39, 0.29) is 12.8 Å². The maximum absolute atomic E-state index is 12.6. The number of alkyl halides is 2. The molecule has 0 spiro atoms. The molecule has 1 fully saturated rings. The lowest BCUT2D eigenvalue weighted by molar-refractivity contribution is -0.134. The van der Waals surface area contributed by atoms with Gasteiger partial charge in [-0.25, -0.2) is 8.78 Å². The Morgan fingerprint density at radius 1 is 1.35 bits per heavy atom. The second-order valence-electron chi connectivity index (χ2n) is 4.85. The summed E-state index contributed by atoms with van der Waals surface area (Å²) in [5, 5.41) is 0.492. The average Bonchev–Trinajstić information content (AvgIpc) is 2.17. The summed E-state index contributed by atoms with van der Waals surface area (Å²) >= 11 is 6.06. The van der Waals surface area contributed by atoms with Crippen LogP contribution in [-0.4, -0.2) is 12.0 Å². The highest BCUT2D eigenvalue weighted by Gasteiger charge is 2.47. The number of hydrogen-bond donors (Lipinski definition) is 0. The van der Waals surface area contributed by atoms with Crippen molar-refractivity contribution in [2.24, 2.45) is 0 Å². The minimum Gasteiger partial charge on any atom is -0.488 e.